The second-order valence-electron chi connectivity index (χ2n) is 4.08. The van der Waals surface area contributed by atoms with Gasteiger partial charge in [0.2, 0.25) is 0 Å². The standard InChI is InChI=1S/C14H17N3O3/c1-19-12-6-3-2-5-10(12)17-14(15)16-9-11(18)13-7-4-8-20-13/h2-8,11,18H,9H2,1H3,(H3,15,16,17). The summed E-state index contributed by atoms with van der Waals surface area (Å²) >= 11 is 0. The first-order chi connectivity index (χ1) is 9.70. The first-order valence-electron chi connectivity index (χ1n) is 6.12. The van der Waals surface area contributed by atoms with Crippen molar-refractivity contribution in [1.82, 2.24) is 0 Å². The molecule has 0 spiro atoms. The normalized spacial score (nSPS) is 13.0. The third-order valence-corrected chi connectivity index (χ3v) is 2.68. The maximum atomic E-state index is 9.82. The zero-order valence-electron chi connectivity index (χ0n) is 11.1. The average molecular weight is 275 g/mol. The molecule has 0 aliphatic rings. The van der Waals surface area contributed by atoms with Gasteiger partial charge in [-0.15, -0.1) is 0 Å². The van der Waals surface area contributed by atoms with E-state index in [0.717, 1.165) is 0 Å². The molecule has 0 bridgehead atoms. The van der Waals surface area contributed by atoms with E-state index in [2.05, 4.69) is 10.3 Å². The first kappa shape index (κ1) is 14.0. The zero-order chi connectivity index (χ0) is 14.4. The zero-order valence-corrected chi connectivity index (χ0v) is 11.1. The van der Waals surface area contributed by atoms with E-state index in [1.165, 1.54) is 6.26 Å². The lowest BCUT2D eigenvalue weighted by Gasteiger charge is -2.10. The predicted molar refractivity (Wildman–Crippen MR) is 76.8 cm³/mol. The Morgan fingerprint density at radius 2 is 2.20 bits per heavy atom. The third kappa shape index (κ3) is 3.52. The number of aliphatic imine (C=N–C) groups is 1. The lowest BCUT2D eigenvalue weighted by Crippen LogP contribution is -2.23. The van der Waals surface area contributed by atoms with Gasteiger partial charge in [0, 0.05) is 0 Å². The van der Waals surface area contributed by atoms with E-state index in [1.54, 1.807) is 19.2 Å². The van der Waals surface area contributed by atoms with E-state index < -0.39 is 6.10 Å². The summed E-state index contributed by atoms with van der Waals surface area (Å²) in [5.74, 6) is 1.32. The van der Waals surface area contributed by atoms with Crippen molar-refractivity contribution in [2.75, 3.05) is 19.0 Å². The van der Waals surface area contributed by atoms with E-state index in [-0.39, 0.29) is 12.5 Å². The van der Waals surface area contributed by atoms with Crippen molar-refractivity contribution in [3.63, 3.8) is 0 Å². The smallest absolute Gasteiger partial charge is 0.193 e. The Labute approximate surface area is 116 Å². The molecule has 1 aromatic heterocycles. The monoisotopic (exact) mass is 275 g/mol. The number of methoxy groups -OCH3 is 1. The highest BCUT2D eigenvalue weighted by molar-refractivity contribution is 5.93. The first-order valence-corrected chi connectivity index (χ1v) is 6.12. The van der Waals surface area contributed by atoms with Gasteiger partial charge in [-0.1, -0.05) is 12.1 Å². The molecule has 106 valence electrons. The Balaban J connectivity index is 1.97. The minimum Gasteiger partial charge on any atom is -0.495 e. The van der Waals surface area contributed by atoms with Crippen LogP contribution in [0.15, 0.2) is 52.1 Å². The van der Waals surface area contributed by atoms with Crippen molar-refractivity contribution in [2.45, 2.75) is 6.10 Å². The van der Waals surface area contributed by atoms with Crippen molar-refractivity contribution < 1.29 is 14.3 Å². The van der Waals surface area contributed by atoms with Crippen LogP contribution in [0.3, 0.4) is 0 Å². The van der Waals surface area contributed by atoms with Crippen LogP contribution in [-0.2, 0) is 0 Å². The Hall–Kier alpha value is -2.47. The maximum Gasteiger partial charge on any atom is 0.193 e. The number of nitrogens with one attached hydrogen (secondary N) is 1. The van der Waals surface area contributed by atoms with Crippen LogP contribution in [0.5, 0.6) is 5.75 Å². The third-order valence-electron chi connectivity index (χ3n) is 2.68. The van der Waals surface area contributed by atoms with E-state index in [1.807, 2.05) is 24.3 Å². The summed E-state index contributed by atoms with van der Waals surface area (Å²) in [5, 5.41) is 12.7. The number of hydrogen-bond acceptors (Lipinski definition) is 4. The van der Waals surface area contributed by atoms with Crippen LogP contribution in [0.25, 0.3) is 0 Å². The molecule has 0 amide bonds. The van der Waals surface area contributed by atoms with Gasteiger partial charge < -0.3 is 25.3 Å². The summed E-state index contributed by atoms with van der Waals surface area (Å²) < 4.78 is 10.3. The molecule has 1 heterocycles. The summed E-state index contributed by atoms with van der Waals surface area (Å²) in [6.45, 7) is 0.113. The minimum atomic E-state index is -0.817. The van der Waals surface area contributed by atoms with Crippen LogP contribution in [0.2, 0.25) is 0 Å². The molecule has 2 aromatic rings. The number of para-hydroxylation sites is 2. The minimum absolute atomic E-state index is 0.113. The van der Waals surface area contributed by atoms with Gasteiger partial charge in [-0.25, -0.2) is 4.99 Å². The van der Waals surface area contributed by atoms with Crippen LogP contribution in [0.4, 0.5) is 5.69 Å². The molecule has 0 radical (unpaired) electrons. The van der Waals surface area contributed by atoms with Crippen molar-refractivity contribution in [2.24, 2.45) is 10.7 Å². The van der Waals surface area contributed by atoms with Crippen molar-refractivity contribution in [3.8, 4) is 5.75 Å². The number of nitrogens with zero attached hydrogens (tertiary/aromatic N) is 1. The second kappa shape index (κ2) is 6.63. The maximum absolute atomic E-state index is 9.82. The Morgan fingerprint density at radius 3 is 2.90 bits per heavy atom. The Morgan fingerprint density at radius 1 is 1.40 bits per heavy atom. The van der Waals surface area contributed by atoms with Crippen LogP contribution < -0.4 is 15.8 Å². The lowest BCUT2D eigenvalue weighted by molar-refractivity contribution is 0.158. The summed E-state index contributed by atoms with van der Waals surface area (Å²) in [6, 6.07) is 10.7. The molecule has 6 nitrogen and oxygen atoms in total. The predicted octanol–water partition coefficient (Wildman–Crippen LogP) is 1.75. The molecule has 2 rings (SSSR count). The molecule has 0 fully saturated rings. The number of anilines is 1. The molecule has 1 atom stereocenters. The molecule has 1 unspecified atom stereocenters. The molecular weight excluding hydrogens is 258 g/mol. The van der Waals surface area contributed by atoms with Gasteiger partial charge in [0.1, 0.15) is 17.6 Å². The molecule has 0 saturated carbocycles. The lowest BCUT2D eigenvalue weighted by atomic mass is 10.3. The number of guanidine groups is 1. The molecule has 0 aliphatic heterocycles. The van der Waals surface area contributed by atoms with Crippen LogP contribution in [0.1, 0.15) is 11.9 Å². The molecule has 4 N–H and O–H groups in total. The van der Waals surface area contributed by atoms with E-state index in [9.17, 15) is 5.11 Å². The van der Waals surface area contributed by atoms with E-state index in [4.69, 9.17) is 14.9 Å². The van der Waals surface area contributed by atoms with Crippen LogP contribution in [-0.4, -0.2) is 24.7 Å². The largest absolute Gasteiger partial charge is 0.495 e. The van der Waals surface area contributed by atoms with Gasteiger partial charge >= 0.3 is 0 Å². The summed E-state index contributed by atoms with van der Waals surface area (Å²) in [5.41, 5.74) is 6.48. The molecule has 0 aliphatic carbocycles. The highest BCUT2D eigenvalue weighted by Crippen LogP contribution is 2.22. The number of ether oxygens (including phenoxy) is 1. The SMILES string of the molecule is COc1ccccc1NC(N)=NCC(O)c1ccco1. The number of furan rings is 1. The highest BCUT2D eigenvalue weighted by atomic mass is 16.5. The Bertz CT molecular complexity index is 567. The van der Waals surface area contributed by atoms with Crippen molar-refractivity contribution >= 4 is 11.6 Å². The summed E-state index contributed by atoms with van der Waals surface area (Å²) in [6.07, 6.45) is 0.682. The fourth-order valence-corrected chi connectivity index (χ4v) is 1.68. The number of aliphatic hydroxyl groups is 1. The molecule has 20 heavy (non-hydrogen) atoms. The van der Waals surface area contributed by atoms with Gasteiger partial charge in [0.15, 0.2) is 5.96 Å². The highest BCUT2D eigenvalue weighted by Gasteiger charge is 2.09. The number of aliphatic hydroxyl groups excluding tert-OH is 1. The van der Waals surface area contributed by atoms with Crippen LogP contribution >= 0.6 is 0 Å². The molecule has 1 aromatic carbocycles. The van der Waals surface area contributed by atoms with Gasteiger partial charge in [-0.05, 0) is 24.3 Å². The number of nitrogens with two attached hydrogens (primary N) is 1. The van der Waals surface area contributed by atoms with Gasteiger partial charge in [-0.3, -0.25) is 0 Å². The van der Waals surface area contributed by atoms with E-state index >= 15 is 0 Å². The summed E-state index contributed by atoms with van der Waals surface area (Å²) in [4.78, 5) is 4.07. The molecule has 0 saturated heterocycles. The second-order valence-corrected chi connectivity index (χ2v) is 4.08. The molecule has 6 heteroatoms. The van der Waals surface area contributed by atoms with Gasteiger partial charge in [0.25, 0.3) is 0 Å². The quantitative estimate of drug-likeness (QED) is 0.571. The fourth-order valence-electron chi connectivity index (χ4n) is 1.68. The van der Waals surface area contributed by atoms with E-state index in [0.29, 0.717) is 17.2 Å². The van der Waals surface area contributed by atoms with Crippen molar-refractivity contribution in [3.05, 3.63) is 48.4 Å². The fraction of sp³-hybridized carbons (Fsp3) is 0.214. The van der Waals surface area contributed by atoms with Gasteiger partial charge in [-0.2, -0.15) is 0 Å². The summed E-state index contributed by atoms with van der Waals surface area (Å²) in [7, 11) is 1.58. The number of rotatable bonds is 5. The number of hydrogen-bond donors (Lipinski definition) is 3. The van der Waals surface area contributed by atoms with Gasteiger partial charge in [0.05, 0.1) is 25.6 Å². The van der Waals surface area contributed by atoms with Crippen LogP contribution in [0, 0.1) is 0 Å². The number of benzene rings is 1. The topological polar surface area (TPSA) is 93.0 Å². The Kier molecular flexibility index (Phi) is 4.62. The average Bonchev–Trinajstić information content (AvgIpc) is 2.99. The molecular formula is C14H17N3O3. The van der Waals surface area contributed by atoms with Crippen molar-refractivity contribution in [1.29, 1.82) is 0 Å².